The molecule has 0 unspecified atom stereocenters. The Labute approximate surface area is 161 Å². The fraction of sp³-hybridized carbons (Fsp3) is 0.158. The van der Waals surface area contributed by atoms with Crippen LogP contribution in [0.15, 0.2) is 47.5 Å². The molecule has 0 spiro atoms. The first-order valence-corrected chi connectivity index (χ1v) is 8.67. The lowest BCUT2D eigenvalue weighted by atomic mass is 10.1. The van der Waals surface area contributed by atoms with Crippen molar-refractivity contribution in [1.29, 1.82) is 0 Å². The maximum atomic E-state index is 12.1. The standard InChI is InChI=1S/C19H20ClN5O2/c1-23-19(22)25-18(26)17-8-14-15(20)6-13(7-16(14)24-17)27-10-12-4-2-3-11(5-12)9-21/h2-8,24H,9-10,21H2,1H3,(H3,22,23,25,26). The van der Waals surface area contributed by atoms with E-state index < -0.39 is 5.91 Å². The predicted octanol–water partition coefficient (Wildman–Crippen LogP) is 2.53. The Morgan fingerprint density at radius 3 is 2.78 bits per heavy atom. The van der Waals surface area contributed by atoms with Gasteiger partial charge in [-0.15, -0.1) is 0 Å². The van der Waals surface area contributed by atoms with Gasteiger partial charge in [-0.3, -0.25) is 4.79 Å². The maximum Gasteiger partial charge on any atom is 0.296 e. The molecule has 0 fully saturated rings. The molecule has 3 rings (SSSR count). The number of halogens is 1. The molecule has 8 heteroatoms. The smallest absolute Gasteiger partial charge is 0.296 e. The van der Waals surface area contributed by atoms with Gasteiger partial charge in [-0.25, -0.2) is 0 Å². The van der Waals surface area contributed by atoms with E-state index in [0.717, 1.165) is 11.1 Å². The number of aromatic nitrogens is 1. The number of aliphatic imine (C=N–C) groups is 1. The average molecular weight is 386 g/mol. The first-order valence-electron chi connectivity index (χ1n) is 8.29. The summed E-state index contributed by atoms with van der Waals surface area (Å²) in [6.07, 6.45) is 0. The number of aromatic amines is 1. The number of nitrogens with two attached hydrogens (primary N) is 2. The van der Waals surface area contributed by atoms with Crippen molar-refractivity contribution in [3.63, 3.8) is 0 Å². The Morgan fingerprint density at radius 1 is 1.26 bits per heavy atom. The van der Waals surface area contributed by atoms with Crippen LogP contribution in [-0.2, 0) is 13.2 Å². The molecule has 140 valence electrons. The van der Waals surface area contributed by atoms with Crippen molar-refractivity contribution in [1.82, 2.24) is 10.3 Å². The van der Waals surface area contributed by atoms with Gasteiger partial charge in [-0.1, -0.05) is 35.9 Å². The van der Waals surface area contributed by atoms with Crippen LogP contribution in [0.5, 0.6) is 5.75 Å². The molecule has 7 nitrogen and oxygen atoms in total. The van der Waals surface area contributed by atoms with E-state index in [-0.39, 0.29) is 11.7 Å². The van der Waals surface area contributed by atoms with Gasteiger partial charge in [0.15, 0.2) is 5.96 Å². The first kappa shape index (κ1) is 18.8. The summed E-state index contributed by atoms with van der Waals surface area (Å²) in [5, 5.41) is 3.78. The number of rotatable bonds is 5. The van der Waals surface area contributed by atoms with Crippen molar-refractivity contribution in [2.75, 3.05) is 7.05 Å². The van der Waals surface area contributed by atoms with E-state index in [2.05, 4.69) is 15.3 Å². The minimum atomic E-state index is -0.491. The molecule has 27 heavy (non-hydrogen) atoms. The molecule has 1 aromatic heterocycles. The Kier molecular flexibility index (Phi) is 5.63. The van der Waals surface area contributed by atoms with Gasteiger partial charge in [-0.2, -0.15) is 4.99 Å². The fourth-order valence-corrected chi connectivity index (χ4v) is 2.87. The van der Waals surface area contributed by atoms with Crippen LogP contribution in [0.2, 0.25) is 5.02 Å². The number of benzene rings is 2. The highest BCUT2D eigenvalue weighted by molar-refractivity contribution is 6.35. The topological polar surface area (TPSA) is 119 Å². The SMILES string of the molecule is CNC(N)=NC(=O)c1cc2c(Cl)cc(OCc3cccc(CN)c3)cc2[nH]1. The summed E-state index contributed by atoms with van der Waals surface area (Å²) in [4.78, 5) is 18.9. The zero-order chi connectivity index (χ0) is 19.4. The number of H-pyrrole nitrogens is 1. The van der Waals surface area contributed by atoms with Crippen LogP contribution in [0.3, 0.4) is 0 Å². The molecular weight excluding hydrogens is 366 g/mol. The van der Waals surface area contributed by atoms with E-state index in [4.69, 9.17) is 27.8 Å². The molecular formula is C19H20ClN5O2. The Bertz CT molecular complexity index is 1010. The zero-order valence-corrected chi connectivity index (χ0v) is 15.5. The zero-order valence-electron chi connectivity index (χ0n) is 14.8. The van der Waals surface area contributed by atoms with Crippen LogP contribution in [0, 0.1) is 0 Å². The van der Waals surface area contributed by atoms with Gasteiger partial charge in [0.25, 0.3) is 5.91 Å². The molecule has 0 aliphatic rings. The largest absolute Gasteiger partial charge is 0.489 e. The summed E-state index contributed by atoms with van der Waals surface area (Å²) in [5.41, 5.74) is 14.2. The molecule has 2 aromatic carbocycles. The Hall–Kier alpha value is -3.03. The number of hydrogen-bond acceptors (Lipinski definition) is 3. The molecule has 1 amide bonds. The van der Waals surface area contributed by atoms with Gasteiger partial charge in [0.05, 0.1) is 10.5 Å². The van der Waals surface area contributed by atoms with E-state index in [1.807, 2.05) is 24.3 Å². The monoisotopic (exact) mass is 385 g/mol. The minimum absolute atomic E-state index is 0.0356. The first-order chi connectivity index (χ1) is 13.0. The number of carbonyl (C=O) groups excluding carboxylic acids is 1. The second kappa shape index (κ2) is 8.11. The van der Waals surface area contributed by atoms with Crippen LogP contribution in [-0.4, -0.2) is 23.9 Å². The quantitative estimate of drug-likeness (QED) is 0.397. The van der Waals surface area contributed by atoms with Crippen LogP contribution < -0.4 is 21.5 Å². The highest BCUT2D eigenvalue weighted by atomic mass is 35.5. The van der Waals surface area contributed by atoms with Crippen molar-refractivity contribution in [2.24, 2.45) is 16.5 Å². The number of nitrogens with zero attached hydrogens (tertiary/aromatic N) is 1. The second-order valence-electron chi connectivity index (χ2n) is 5.91. The third-order valence-corrected chi connectivity index (χ3v) is 4.31. The Morgan fingerprint density at radius 2 is 2.04 bits per heavy atom. The number of fused-ring (bicyclic) bond motifs is 1. The highest BCUT2D eigenvalue weighted by Crippen LogP contribution is 2.30. The number of nitrogens with one attached hydrogen (secondary N) is 2. The molecule has 0 aliphatic carbocycles. The van der Waals surface area contributed by atoms with Crippen LogP contribution in [0.25, 0.3) is 10.9 Å². The lowest BCUT2D eigenvalue weighted by Gasteiger charge is -2.08. The number of hydrogen-bond donors (Lipinski definition) is 4. The van der Waals surface area contributed by atoms with Crippen molar-refractivity contribution >= 4 is 34.4 Å². The van der Waals surface area contributed by atoms with Crippen LogP contribution >= 0.6 is 11.6 Å². The second-order valence-corrected chi connectivity index (χ2v) is 6.32. The number of amides is 1. The average Bonchev–Trinajstić information content (AvgIpc) is 3.11. The predicted molar refractivity (Wildman–Crippen MR) is 107 cm³/mol. The summed E-state index contributed by atoms with van der Waals surface area (Å²) < 4.78 is 5.84. The van der Waals surface area contributed by atoms with Crippen LogP contribution in [0.1, 0.15) is 21.6 Å². The van der Waals surface area contributed by atoms with E-state index in [1.165, 1.54) is 0 Å². The molecule has 0 bridgehead atoms. The van der Waals surface area contributed by atoms with E-state index >= 15 is 0 Å². The van der Waals surface area contributed by atoms with E-state index in [1.54, 1.807) is 25.2 Å². The summed E-state index contributed by atoms with van der Waals surface area (Å²) in [6.45, 7) is 0.858. The minimum Gasteiger partial charge on any atom is -0.489 e. The number of carbonyl (C=O) groups is 1. The molecule has 0 saturated carbocycles. The molecule has 3 aromatic rings. The lowest BCUT2D eigenvalue weighted by molar-refractivity contribution is 0.0998. The number of guanidine groups is 1. The Balaban J connectivity index is 1.82. The molecule has 0 saturated heterocycles. The molecule has 0 atom stereocenters. The summed E-state index contributed by atoms with van der Waals surface area (Å²) in [5.74, 6) is 0.133. The van der Waals surface area contributed by atoms with Gasteiger partial charge in [-0.05, 0) is 23.3 Å². The lowest BCUT2D eigenvalue weighted by Crippen LogP contribution is -2.28. The van der Waals surface area contributed by atoms with Gasteiger partial charge >= 0.3 is 0 Å². The third kappa shape index (κ3) is 4.39. The molecule has 1 heterocycles. The van der Waals surface area contributed by atoms with Gasteiger partial charge < -0.3 is 26.5 Å². The molecule has 0 aliphatic heterocycles. The molecule has 6 N–H and O–H groups in total. The van der Waals surface area contributed by atoms with Gasteiger partial charge in [0.2, 0.25) is 0 Å². The van der Waals surface area contributed by atoms with Crippen molar-refractivity contribution in [3.8, 4) is 5.75 Å². The maximum absolute atomic E-state index is 12.1. The van der Waals surface area contributed by atoms with Gasteiger partial charge in [0.1, 0.15) is 18.1 Å². The normalized spacial score (nSPS) is 11.6. The van der Waals surface area contributed by atoms with E-state index in [0.29, 0.717) is 34.8 Å². The van der Waals surface area contributed by atoms with Crippen LogP contribution in [0.4, 0.5) is 0 Å². The fourth-order valence-electron chi connectivity index (χ4n) is 2.61. The van der Waals surface area contributed by atoms with Gasteiger partial charge in [0, 0.05) is 25.0 Å². The van der Waals surface area contributed by atoms with E-state index in [9.17, 15) is 4.79 Å². The van der Waals surface area contributed by atoms with Crippen molar-refractivity contribution in [2.45, 2.75) is 13.2 Å². The summed E-state index contributed by atoms with van der Waals surface area (Å²) in [6, 6.07) is 13.0. The number of ether oxygens (including phenoxy) is 1. The third-order valence-electron chi connectivity index (χ3n) is 4.00. The van der Waals surface area contributed by atoms with Crippen molar-refractivity contribution < 1.29 is 9.53 Å². The summed E-state index contributed by atoms with van der Waals surface area (Å²) >= 11 is 6.34. The van der Waals surface area contributed by atoms with Crippen molar-refractivity contribution in [3.05, 3.63) is 64.3 Å². The molecule has 0 radical (unpaired) electrons. The highest BCUT2D eigenvalue weighted by Gasteiger charge is 2.13. The summed E-state index contributed by atoms with van der Waals surface area (Å²) in [7, 11) is 1.58.